The summed E-state index contributed by atoms with van der Waals surface area (Å²) in [5.74, 6) is 0.835. The highest BCUT2D eigenvalue weighted by atomic mass is 16.7. The first-order chi connectivity index (χ1) is 11.6. The number of ketones is 1. The van der Waals surface area contributed by atoms with Gasteiger partial charge < -0.3 is 9.47 Å². The van der Waals surface area contributed by atoms with E-state index in [1.165, 1.54) is 5.57 Å². The molecule has 0 aromatic heterocycles. The Labute approximate surface area is 153 Å². The normalized spacial score (nSPS) is 33.4. The molecule has 0 aliphatic heterocycles. The summed E-state index contributed by atoms with van der Waals surface area (Å²) < 4.78 is 10.9. The Morgan fingerprint density at radius 1 is 1.40 bits per heavy atom. The van der Waals surface area contributed by atoms with Crippen LogP contribution in [0.4, 0.5) is 0 Å². The lowest BCUT2D eigenvalue weighted by atomic mass is 9.49. The van der Waals surface area contributed by atoms with E-state index >= 15 is 0 Å². The zero-order valence-corrected chi connectivity index (χ0v) is 16.7. The van der Waals surface area contributed by atoms with Crippen molar-refractivity contribution in [3.8, 4) is 0 Å². The van der Waals surface area contributed by atoms with Gasteiger partial charge in [0.25, 0.3) is 0 Å². The fraction of sp³-hybridized carbons (Fsp3) is 0.682. The molecule has 0 unspecified atom stereocenters. The number of carbonyl (C=O) groups is 1. The van der Waals surface area contributed by atoms with Crippen molar-refractivity contribution in [3.05, 3.63) is 36.5 Å². The molecule has 0 saturated carbocycles. The predicted molar refractivity (Wildman–Crippen MR) is 102 cm³/mol. The fourth-order valence-electron chi connectivity index (χ4n) is 4.80. The van der Waals surface area contributed by atoms with Gasteiger partial charge in [0.15, 0.2) is 5.78 Å². The van der Waals surface area contributed by atoms with E-state index in [1.807, 2.05) is 19.1 Å². The number of hydrogen-bond donors (Lipinski definition) is 0. The summed E-state index contributed by atoms with van der Waals surface area (Å²) in [6.45, 7) is 15.1. The van der Waals surface area contributed by atoms with Gasteiger partial charge in [-0.25, -0.2) is 0 Å². The zero-order valence-electron chi connectivity index (χ0n) is 16.7. The summed E-state index contributed by atoms with van der Waals surface area (Å²) in [4.78, 5) is 13.0. The van der Waals surface area contributed by atoms with Crippen LogP contribution in [0.3, 0.4) is 0 Å². The minimum atomic E-state index is -0.442. The minimum absolute atomic E-state index is 0.0341. The smallest absolute Gasteiger partial charge is 0.162 e. The molecule has 0 fully saturated rings. The van der Waals surface area contributed by atoms with Crippen molar-refractivity contribution >= 4 is 5.78 Å². The fourth-order valence-corrected chi connectivity index (χ4v) is 4.80. The molecule has 0 saturated heterocycles. The molecule has 0 spiro atoms. The average molecular weight is 347 g/mol. The minimum Gasteiger partial charge on any atom is -0.359 e. The summed E-state index contributed by atoms with van der Waals surface area (Å²) >= 11 is 0. The molecule has 0 amide bonds. The summed E-state index contributed by atoms with van der Waals surface area (Å²) in [5, 5.41) is 0. The largest absolute Gasteiger partial charge is 0.359 e. The predicted octanol–water partition coefficient (Wildman–Crippen LogP) is 5.09. The monoisotopic (exact) mass is 346 g/mol. The Morgan fingerprint density at radius 3 is 2.68 bits per heavy atom. The van der Waals surface area contributed by atoms with E-state index in [0.29, 0.717) is 5.92 Å². The number of rotatable bonds is 7. The van der Waals surface area contributed by atoms with Crippen LogP contribution in [-0.2, 0) is 14.3 Å². The van der Waals surface area contributed by atoms with Crippen molar-refractivity contribution in [2.45, 2.75) is 59.5 Å². The van der Waals surface area contributed by atoms with Gasteiger partial charge in [0, 0.05) is 12.5 Å². The summed E-state index contributed by atoms with van der Waals surface area (Å²) in [5.41, 5.74) is 0.575. The number of methoxy groups -OCH3 is 1. The molecule has 2 aliphatic rings. The molecule has 0 aromatic rings. The maximum absolute atomic E-state index is 13.0. The van der Waals surface area contributed by atoms with Crippen LogP contribution >= 0.6 is 0 Å². The molecule has 0 bridgehead atoms. The van der Waals surface area contributed by atoms with Crippen LogP contribution in [0.1, 0.15) is 53.9 Å². The second-order valence-corrected chi connectivity index (χ2v) is 8.70. The van der Waals surface area contributed by atoms with Gasteiger partial charge in [-0.1, -0.05) is 44.6 Å². The number of carbonyl (C=O) groups excluding carboxylic acids is 1. The van der Waals surface area contributed by atoms with E-state index in [2.05, 4.69) is 46.4 Å². The first-order valence-electron chi connectivity index (χ1n) is 9.27. The SMILES string of the molecule is C=C[C@](C)(CC[C@H]1C(C)=CC[C@H]2C(C)(C)C=CC(=O)[C@@]12C)OCOC. The van der Waals surface area contributed by atoms with E-state index in [1.54, 1.807) is 7.11 Å². The van der Waals surface area contributed by atoms with E-state index in [-0.39, 0.29) is 29.3 Å². The van der Waals surface area contributed by atoms with Gasteiger partial charge in [-0.15, -0.1) is 6.58 Å². The summed E-state index contributed by atoms with van der Waals surface area (Å²) in [6.07, 6.45) is 10.8. The van der Waals surface area contributed by atoms with Crippen molar-refractivity contribution in [1.82, 2.24) is 0 Å². The Morgan fingerprint density at radius 2 is 2.08 bits per heavy atom. The van der Waals surface area contributed by atoms with Crippen molar-refractivity contribution in [2.75, 3.05) is 13.9 Å². The zero-order chi connectivity index (χ0) is 18.9. The first-order valence-corrected chi connectivity index (χ1v) is 9.27. The Balaban J connectivity index is 2.28. The number of ether oxygens (including phenoxy) is 2. The first kappa shape index (κ1) is 20.1. The second kappa shape index (κ2) is 7.20. The molecular formula is C22H34O3. The lowest BCUT2D eigenvalue weighted by Gasteiger charge is -2.53. The van der Waals surface area contributed by atoms with Crippen LogP contribution in [0.5, 0.6) is 0 Å². The third-order valence-corrected chi connectivity index (χ3v) is 6.63. The van der Waals surface area contributed by atoms with E-state index < -0.39 is 5.60 Å². The molecule has 4 atom stereocenters. The van der Waals surface area contributed by atoms with Gasteiger partial charge in [-0.05, 0) is 56.4 Å². The maximum Gasteiger partial charge on any atom is 0.162 e. The van der Waals surface area contributed by atoms with Crippen LogP contribution in [0.2, 0.25) is 0 Å². The van der Waals surface area contributed by atoms with E-state index in [0.717, 1.165) is 19.3 Å². The van der Waals surface area contributed by atoms with Gasteiger partial charge in [0.05, 0.1) is 5.60 Å². The van der Waals surface area contributed by atoms with Crippen LogP contribution < -0.4 is 0 Å². The van der Waals surface area contributed by atoms with Gasteiger partial charge in [-0.3, -0.25) is 4.79 Å². The Hall–Kier alpha value is -1.19. The number of fused-ring (bicyclic) bond motifs is 1. The van der Waals surface area contributed by atoms with E-state index in [9.17, 15) is 4.79 Å². The maximum atomic E-state index is 13.0. The van der Waals surface area contributed by atoms with Crippen LogP contribution in [0.25, 0.3) is 0 Å². The summed E-state index contributed by atoms with van der Waals surface area (Å²) in [6, 6.07) is 0. The lowest BCUT2D eigenvalue weighted by Crippen LogP contribution is -2.52. The van der Waals surface area contributed by atoms with E-state index in [4.69, 9.17) is 9.47 Å². The molecular weight excluding hydrogens is 312 g/mol. The molecule has 0 N–H and O–H groups in total. The van der Waals surface area contributed by atoms with Crippen LogP contribution in [0.15, 0.2) is 36.5 Å². The molecule has 25 heavy (non-hydrogen) atoms. The van der Waals surface area contributed by atoms with Gasteiger partial charge in [-0.2, -0.15) is 0 Å². The number of hydrogen-bond acceptors (Lipinski definition) is 3. The molecule has 0 aromatic carbocycles. The van der Waals surface area contributed by atoms with Crippen LogP contribution in [0, 0.1) is 22.7 Å². The topological polar surface area (TPSA) is 35.5 Å². The second-order valence-electron chi connectivity index (χ2n) is 8.70. The highest BCUT2D eigenvalue weighted by Crippen LogP contribution is 2.57. The molecule has 140 valence electrons. The average Bonchev–Trinajstić information content (AvgIpc) is 2.56. The van der Waals surface area contributed by atoms with Crippen molar-refractivity contribution in [3.63, 3.8) is 0 Å². The third-order valence-electron chi connectivity index (χ3n) is 6.63. The quantitative estimate of drug-likeness (QED) is 0.476. The number of allylic oxidation sites excluding steroid dienone is 4. The third kappa shape index (κ3) is 3.68. The highest BCUT2D eigenvalue weighted by Gasteiger charge is 2.54. The van der Waals surface area contributed by atoms with Gasteiger partial charge >= 0.3 is 0 Å². The molecule has 0 radical (unpaired) electrons. The standard InChI is InChI=1S/C22H34O3/c1-8-21(5,25-15-24-7)14-11-17-16(2)9-10-18-20(3,4)13-12-19(23)22(17,18)6/h8-9,12-13,17-18H,1,10-11,14-15H2,2-7H3/t17-,18-,21+,22-/m0/s1. The van der Waals surface area contributed by atoms with Gasteiger partial charge in [0.2, 0.25) is 0 Å². The molecule has 0 heterocycles. The van der Waals surface area contributed by atoms with Crippen molar-refractivity contribution in [2.24, 2.45) is 22.7 Å². The van der Waals surface area contributed by atoms with Crippen molar-refractivity contribution < 1.29 is 14.3 Å². The molecule has 2 aliphatic carbocycles. The highest BCUT2D eigenvalue weighted by molar-refractivity contribution is 5.96. The summed E-state index contributed by atoms with van der Waals surface area (Å²) in [7, 11) is 1.62. The molecule has 3 heteroatoms. The van der Waals surface area contributed by atoms with Crippen molar-refractivity contribution in [1.29, 1.82) is 0 Å². The van der Waals surface area contributed by atoms with Crippen LogP contribution in [-0.4, -0.2) is 25.3 Å². The Kier molecular flexibility index (Phi) is 5.80. The molecule has 2 rings (SSSR count). The molecule has 3 nitrogen and oxygen atoms in total. The van der Waals surface area contributed by atoms with Gasteiger partial charge in [0.1, 0.15) is 6.79 Å². The lowest BCUT2D eigenvalue weighted by molar-refractivity contribution is -0.135. The Bertz CT molecular complexity index is 586.